The summed E-state index contributed by atoms with van der Waals surface area (Å²) in [5.41, 5.74) is 2.10. The second-order valence-corrected chi connectivity index (χ2v) is 9.03. The lowest BCUT2D eigenvalue weighted by atomic mass is 9.95. The van der Waals surface area contributed by atoms with Crippen LogP contribution in [-0.2, 0) is 14.8 Å². The summed E-state index contributed by atoms with van der Waals surface area (Å²) in [5, 5.41) is 3.14. The van der Waals surface area contributed by atoms with E-state index in [1.807, 2.05) is 32.0 Å². The lowest BCUT2D eigenvalue weighted by molar-refractivity contribution is -0.126. The zero-order chi connectivity index (χ0) is 19.3. The maximum atomic E-state index is 12.7. The topological polar surface area (TPSA) is 75.7 Å². The molecule has 0 aromatic heterocycles. The molecule has 26 heavy (non-hydrogen) atoms. The molecular weight excluding hydrogens is 352 g/mol. The molecule has 1 amide bonds. The third-order valence-electron chi connectivity index (χ3n) is 5.13. The van der Waals surface area contributed by atoms with Gasteiger partial charge in [0.2, 0.25) is 15.9 Å². The minimum atomic E-state index is -3.16. The zero-order valence-electron chi connectivity index (χ0n) is 16.1. The smallest absolute Gasteiger partial charge is 0.223 e. The van der Waals surface area contributed by atoms with Gasteiger partial charge in [0.05, 0.1) is 18.9 Å². The van der Waals surface area contributed by atoms with Gasteiger partial charge in [-0.2, -0.15) is 0 Å². The standard InChI is InChI=1S/C19H30N2O4S/c1-5-17(16-7-8-18(25-4)14(3)13-16)20-19(22)15-9-11-21(12-10-15)26(23,24)6-2/h7-8,13,15,17H,5-6,9-12H2,1-4H3,(H,20,22). The largest absolute Gasteiger partial charge is 0.496 e. The molecule has 0 radical (unpaired) electrons. The van der Waals surface area contributed by atoms with Gasteiger partial charge in [-0.1, -0.05) is 19.1 Å². The number of carbonyl (C=O) groups is 1. The summed E-state index contributed by atoms with van der Waals surface area (Å²) in [6.07, 6.45) is 1.94. The van der Waals surface area contributed by atoms with Crippen LogP contribution in [0.4, 0.5) is 0 Å². The molecule has 1 unspecified atom stereocenters. The molecule has 0 spiro atoms. The van der Waals surface area contributed by atoms with E-state index in [0.717, 1.165) is 23.3 Å². The number of nitrogens with one attached hydrogen (secondary N) is 1. The highest BCUT2D eigenvalue weighted by atomic mass is 32.2. The molecule has 1 aliphatic heterocycles. The summed E-state index contributed by atoms with van der Waals surface area (Å²) >= 11 is 0. The summed E-state index contributed by atoms with van der Waals surface area (Å²) in [6, 6.07) is 5.90. The number of methoxy groups -OCH3 is 1. The average molecular weight is 383 g/mol. The van der Waals surface area contributed by atoms with E-state index in [-0.39, 0.29) is 23.6 Å². The van der Waals surface area contributed by atoms with E-state index in [1.165, 1.54) is 4.31 Å². The van der Waals surface area contributed by atoms with Crippen LogP contribution in [0.15, 0.2) is 18.2 Å². The molecule has 1 atom stereocenters. The maximum absolute atomic E-state index is 12.7. The number of hydrogen-bond acceptors (Lipinski definition) is 4. The number of hydrogen-bond donors (Lipinski definition) is 1. The van der Waals surface area contributed by atoms with Crippen molar-refractivity contribution in [3.05, 3.63) is 29.3 Å². The molecular formula is C19H30N2O4S. The molecule has 1 aromatic rings. The van der Waals surface area contributed by atoms with Crippen LogP contribution in [0.25, 0.3) is 0 Å². The van der Waals surface area contributed by atoms with Crippen LogP contribution in [0, 0.1) is 12.8 Å². The normalized spacial score (nSPS) is 17.7. The monoisotopic (exact) mass is 382 g/mol. The highest BCUT2D eigenvalue weighted by Gasteiger charge is 2.30. The van der Waals surface area contributed by atoms with E-state index in [1.54, 1.807) is 14.0 Å². The highest BCUT2D eigenvalue weighted by molar-refractivity contribution is 7.89. The van der Waals surface area contributed by atoms with Gasteiger partial charge in [0, 0.05) is 19.0 Å². The first-order chi connectivity index (χ1) is 12.3. The molecule has 1 aromatic carbocycles. The Kier molecular flexibility index (Phi) is 7.06. The van der Waals surface area contributed by atoms with Gasteiger partial charge in [0.15, 0.2) is 0 Å². The SMILES string of the molecule is CCC(NC(=O)C1CCN(S(=O)(=O)CC)CC1)c1ccc(OC)c(C)c1. The Morgan fingerprint density at radius 1 is 1.31 bits per heavy atom. The van der Waals surface area contributed by atoms with Crippen LogP contribution in [-0.4, -0.2) is 44.6 Å². The highest BCUT2D eigenvalue weighted by Crippen LogP contribution is 2.26. The predicted molar refractivity (Wildman–Crippen MR) is 103 cm³/mol. The van der Waals surface area contributed by atoms with Gasteiger partial charge in [-0.15, -0.1) is 0 Å². The van der Waals surface area contributed by atoms with Crippen molar-refractivity contribution in [2.24, 2.45) is 5.92 Å². The molecule has 1 N–H and O–H groups in total. The number of nitrogens with zero attached hydrogens (tertiary/aromatic N) is 1. The molecule has 1 aliphatic rings. The molecule has 1 saturated heterocycles. The zero-order valence-corrected chi connectivity index (χ0v) is 16.9. The van der Waals surface area contributed by atoms with Crippen LogP contribution in [0.2, 0.25) is 0 Å². The van der Waals surface area contributed by atoms with Crippen molar-refractivity contribution in [2.75, 3.05) is 26.0 Å². The van der Waals surface area contributed by atoms with Gasteiger partial charge >= 0.3 is 0 Å². The van der Waals surface area contributed by atoms with Crippen molar-refractivity contribution in [1.82, 2.24) is 9.62 Å². The molecule has 0 bridgehead atoms. The molecule has 146 valence electrons. The summed E-state index contributed by atoms with van der Waals surface area (Å²) in [7, 11) is -1.52. The van der Waals surface area contributed by atoms with E-state index in [0.29, 0.717) is 25.9 Å². The lowest BCUT2D eigenvalue weighted by Gasteiger charge is -2.31. The minimum absolute atomic E-state index is 0.0128. The Morgan fingerprint density at radius 2 is 1.96 bits per heavy atom. The molecule has 6 nitrogen and oxygen atoms in total. The van der Waals surface area contributed by atoms with E-state index < -0.39 is 10.0 Å². The first-order valence-electron chi connectivity index (χ1n) is 9.25. The number of amides is 1. The van der Waals surface area contributed by atoms with Gasteiger partial charge in [-0.3, -0.25) is 4.79 Å². The van der Waals surface area contributed by atoms with Crippen LogP contribution < -0.4 is 10.1 Å². The van der Waals surface area contributed by atoms with Crippen LogP contribution in [0.5, 0.6) is 5.75 Å². The second kappa shape index (κ2) is 8.86. The number of carbonyl (C=O) groups excluding carboxylic acids is 1. The molecule has 0 saturated carbocycles. The fraction of sp³-hybridized carbons (Fsp3) is 0.632. The fourth-order valence-electron chi connectivity index (χ4n) is 3.41. The Labute approximate surface area is 157 Å². The van der Waals surface area contributed by atoms with Gasteiger partial charge < -0.3 is 10.1 Å². The van der Waals surface area contributed by atoms with Crippen molar-refractivity contribution in [1.29, 1.82) is 0 Å². The number of ether oxygens (including phenoxy) is 1. The Morgan fingerprint density at radius 3 is 2.46 bits per heavy atom. The number of sulfonamides is 1. The van der Waals surface area contributed by atoms with E-state index >= 15 is 0 Å². The molecule has 2 rings (SSSR count). The van der Waals surface area contributed by atoms with Gasteiger partial charge in [0.25, 0.3) is 0 Å². The third-order valence-corrected chi connectivity index (χ3v) is 7.01. The first kappa shape index (κ1) is 20.7. The van der Waals surface area contributed by atoms with Crippen molar-refractivity contribution in [2.45, 2.75) is 46.1 Å². The summed E-state index contributed by atoms with van der Waals surface area (Å²) in [4.78, 5) is 12.7. The van der Waals surface area contributed by atoms with Crippen molar-refractivity contribution >= 4 is 15.9 Å². The van der Waals surface area contributed by atoms with E-state index in [2.05, 4.69) is 5.32 Å². The predicted octanol–water partition coefficient (Wildman–Crippen LogP) is 2.63. The average Bonchev–Trinajstić information content (AvgIpc) is 2.65. The van der Waals surface area contributed by atoms with Crippen molar-refractivity contribution < 1.29 is 17.9 Å². The van der Waals surface area contributed by atoms with E-state index in [9.17, 15) is 13.2 Å². The molecule has 7 heteroatoms. The Bertz CT molecular complexity index is 725. The fourth-order valence-corrected chi connectivity index (χ4v) is 4.54. The molecule has 1 heterocycles. The summed E-state index contributed by atoms with van der Waals surface area (Å²) < 4.78 is 30.7. The quantitative estimate of drug-likeness (QED) is 0.787. The van der Waals surface area contributed by atoms with E-state index in [4.69, 9.17) is 4.74 Å². The van der Waals surface area contributed by atoms with Crippen molar-refractivity contribution in [3.63, 3.8) is 0 Å². The van der Waals surface area contributed by atoms with Crippen molar-refractivity contribution in [3.8, 4) is 5.75 Å². The number of rotatable bonds is 7. The summed E-state index contributed by atoms with van der Waals surface area (Å²) in [6.45, 7) is 6.53. The molecule has 0 aliphatic carbocycles. The van der Waals surface area contributed by atoms with Crippen LogP contribution >= 0.6 is 0 Å². The van der Waals surface area contributed by atoms with Gasteiger partial charge in [0.1, 0.15) is 5.75 Å². The number of benzene rings is 1. The van der Waals surface area contributed by atoms with Gasteiger partial charge in [-0.05, 0) is 50.3 Å². The first-order valence-corrected chi connectivity index (χ1v) is 10.9. The maximum Gasteiger partial charge on any atom is 0.223 e. The number of piperidine rings is 1. The molecule has 1 fully saturated rings. The lowest BCUT2D eigenvalue weighted by Crippen LogP contribution is -2.44. The third kappa shape index (κ3) is 4.76. The summed E-state index contributed by atoms with van der Waals surface area (Å²) in [5.74, 6) is 0.823. The second-order valence-electron chi connectivity index (χ2n) is 6.77. The number of aryl methyl sites for hydroxylation is 1. The minimum Gasteiger partial charge on any atom is -0.496 e. The Balaban J connectivity index is 1.99. The van der Waals surface area contributed by atoms with Crippen LogP contribution in [0.3, 0.4) is 0 Å². The Hall–Kier alpha value is -1.60. The van der Waals surface area contributed by atoms with Gasteiger partial charge in [-0.25, -0.2) is 12.7 Å². The van der Waals surface area contributed by atoms with Crippen LogP contribution in [0.1, 0.15) is 50.3 Å².